The minimum atomic E-state index is -0.437. The first-order valence-corrected chi connectivity index (χ1v) is 14.7. The Morgan fingerprint density at radius 1 is 0.675 bits per heavy atom. The standard InChI is InChI=1S/2C17H26O3/c1-12(2)11-15-5-7-16(8-6-15)14(4)17(19)20-10-9-13(3)18;1-12(2)11-15-5-7-16(8-6-15)14(4)17(19)20-13(3)9-10-18/h2*5-8,12-14,18H,9-11H2,1-4H3. The third-order valence-electron chi connectivity index (χ3n) is 6.59. The topological polar surface area (TPSA) is 93.1 Å². The van der Waals surface area contributed by atoms with Gasteiger partial charge in [-0.3, -0.25) is 9.59 Å². The van der Waals surface area contributed by atoms with Crippen molar-refractivity contribution in [2.24, 2.45) is 11.8 Å². The molecule has 2 rings (SSSR count). The molecular formula is C34H52O6. The van der Waals surface area contributed by atoms with Crippen LogP contribution >= 0.6 is 0 Å². The SMILES string of the molecule is CC(C)Cc1ccc(C(C)C(=O)OC(C)CCO)cc1.CC(C)Cc1ccc(C(C)C(=O)OCCC(C)O)cc1. The first-order valence-electron chi connectivity index (χ1n) is 14.7. The highest BCUT2D eigenvalue weighted by Crippen LogP contribution is 2.21. The van der Waals surface area contributed by atoms with E-state index >= 15 is 0 Å². The van der Waals surface area contributed by atoms with E-state index in [1.165, 1.54) is 11.1 Å². The Morgan fingerprint density at radius 3 is 1.48 bits per heavy atom. The lowest BCUT2D eigenvalue weighted by molar-refractivity contribution is -0.150. The third kappa shape index (κ3) is 14.1. The van der Waals surface area contributed by atoms with Crippen molar-refractivity contribution >= 4 is 11.9 Å². The molecule has 0 fully saturated rings. The molecule has 6 heteroatoms. The second-order valence-electron chi connectivity index (χ2n) is 11.7. The highest BCUT2D eigenvalue weighted by Gasteiger charge is 2.19. The molecule has 0 radical (unpaired) electrons. The van der Waals surface area contributed by atoms with Crippen LogP contribution in [0.1, 0.15) is 102 Å². The van der Waals surface area contributed by atoms with Crippen LogP contribution in [-0.2, 0) is 31.9 Å². The van der Waals surface area contributed by atoms with Gasteiger partial charge in [-0.15, -0.1) is 0 Å². The Bertz CT molecular complexity index is 978. The van der Waals surface area contributed by atoms with Crippen molar-refractivity contribution in [1.29, 1.82) is 0 Å². The normalized spacial score (nSPS) is 14.1. The molecule has 0 saturated carbocycles. The van der Waals surface area contributed by atoms with Gasteiger partial charge in [-0.05, 0) is 74.6 Å². The average molecular weight is 557 g/mol. The Morgan fingerprint density at radius 2 is 1.10 bits per heavy atom. The molecule has 2 N–H and O–H groups in total. The van der Waals surface area contributed by atoms with Crippen molar-refractivity contribution in [3.8, 4) is 0 Å². The molecule has 6 nitrogen and oxygen atoms in total. The fraction of sp³-hybridized carbons (Fsp3) is 0.588. The quantitative estimate of drug-likeness (QED) is 0.255. The van der Waals surface area contributed by atoms with E-state index in [1.807, 2.05) is 38.1 Å². The molecule has 0 amide bonds. The van der Waals surface area contributed by atoms with E-state index in [2.05, 4.69) is 52.0 Å². The summed E-state index contributed by atoms with van der Waals surface area (Å²) in [6.45, 7) is 16.3. The van der Waals surface area contributed by atoms with Gasteiger partial charge in [0.15, 0.2) is 0 Å². The Balaban J connectivity index is 0.000000400. The van der Waals surface area contributed by atoms with E-state index in [9.17, 15) is 9.59 Å². The van der Waals surface area contributed by atoms with Crippen LogP contribution in [0.25, 0.3) is 0 Å². The Kier molecular flexibility index (Phi) is 16.4. The molecular weight excluding hydrogens is 504 g/mol. The average Bonchev–Trinajstić information content (AvgIpc) is 2.88. The molecule has 224 valence electrons. The van der Waals surface area contributed by atoms with Crippen molar-refractivity contribution < 1.29 is 29.3 Å². The van der Waals surface area contributed by atoms with Crippen LogP contribution in [0.3, 0.4) is 0 Å². The van der Waals surface area contributed by atoms with Gasteiger partial charge in [0.05, 0.1) is 24.5 Å². The van der Waals surface area contributed by atoms with Gasteiger partial charge in [-0.1, -0.05) is 76.2 Å². The number of carbonyl (C=O) groups is 2. The van der Waals surface area contributed by atoms with Crippen LogP contribution in [-0.4, -0.2) is 47.6 Å². The van der Waals surface area contributed by atoms with E-state index < -0.39 is 6.10 Å². The lowest BCUT2D eigenvalue weighted by Gasteiger charge is -2.16. The summed E-state index contributed by atoms with van der Waals surface area (Å²) in [5.41, 5.74) is 4.52. The number of ether oxygens (including phenoxy) is 2. The summed E-state index contributed by atoms with van der Waals surface area (Å²) < 4.78 is 10.5. The Hall–Kier alpha value is -2.70. The van der Waals surface area contributed by atoms with Crippen LogP contribution in [0.5, 0.6) is 0 Å². The summed E-state index contributed by atoms with van der Waals surface area (Å²) in [6, 6.07) is 16.3. The van der Waals surface area contributed by atoms with Crippen LogP contribution in [0.4, 0.5) is 0 Å². The summed E-state index contributed by atoms with van der Waals surface area (Å²) in [7, 11) is 0. The molecule has 2 aromatic rings. The number of carbonyl (C=O) groups excluding carboxylic acids is 2. The first-order chi connectivity index (χ1) is 18.8. The largest absolute Gasteiger partial charge is 0.465 e. The fourth-order valence-electron chi connectivity index (χ4n) is 4.10. The van der Waals surface area contributed by atoms with E-state index in [0.717, 1.165) is 24.0 Å². The highest BCUT2D eigenvalue weighted by atomic mass is 16.5. The maximum absolute atomic E-state index is 12.0. The van der Waals surface area contributed by atoms with Gasteiger partial charge in [0, 0.05) is 19.4 Å². The summed E-state index contributed by atoms with van der Waals surface area (Å²) in [4.78, 5) is 23.9. The van der Waals surface area contributed by atoms with Gasteiger partial charge in [-0.25, -0.2) is 0 Å². The molecule has 40 heavy (non-hydrogen) atoms. The van der Waals surface area contributed by atoms with Gasteiger partial charge < -0.3 is 19.7 Å². The van der Waals surface area contributed by atoms with Crippen LogP contribution in [0.2, 0.25) is 0 Å². The van der Waals surface area contributed by atoms with E-state index in [0.29, 0.717) is 24.7 Å². The lowest BCUT2D eigenvalue weighted by Crippen LogP contribution is -2.20. The van der Waals surface area contributed by atoms with Crippen molar-refractivity contribution in [3.63, 3.8) is 0 Å². The number of esters is 2. The monoisotopic (exact) mass is 556 g/mol. The molecule has 0 spiro atoms. The van der Waals surface area contributed by atoms with E-state index in [4.69, 9.17) is 19.7 Å². The van der Waals surface area contributed by atoms with Crippen molar-refractivity contribution in [2.45, 2.75) is 105 Å². The predicted octanol–water partition coefficient (Wildman–Crippen LogP) is 6.61. The van der Waals surface area contributed by atoms with Crippen molar-refractivity contribution in [3.05, 3.63) is 70.8 Å². The smallest absolute Gasteiger partial charge is 0.313 e. The number of hydrogen-bond donors (Lipinski definition) is 2. The minimum Gasteiger partial charge on any atom is -0.465 e. The number of aliphatic hydroxyl groups is 2. The van der Waals surface area contributed by atoms with Gasteiger partial charge >= 0.3 is 11.9 Å². The summed E-state index contributed by atoms with van der Waals surface area (Å²) >= 11 is 0. The molecule has 4 unspecified atom stereocenters. The molecule has 4 atom stereocenters. The van der Waals surface area contributed by atoms with Crippen LogP contribution in [0, 0.1) is 11.8 Å². The number of aliphatic hydroxyl groups excluding tert-OH is 2. The number of hydrogen-bond acceptors (Lipinski definition) is 6. The summed E-state index contributed by atoms with van der Waals surface area (Å²) in [5, 5.41) is 17.9. The van der Waals surface area contributed by atoms with Gasteiger partial charge in [0.25, 0.3) is 0 Å². The molecule has 0 aliphatic rings. The molecule has 0 aliphatic carbocycles. The predicted molar refractivity (Wildman–Crippen MR) is 161 cm³/mol. The third-order valence-corrected chi connectivity index (χ3v) is 6.59. The Labute approximate surface area is 242 Å². The zero-order chi connectivity index (χ0) is 30.2. The van der Waals surface area contributed by atoms with Gasteiger partial charge in [0.2, 0.25) is 0 Å². The fourth-order valence-corrected chi connectivity index (χ4v) is 4.10. The van der Waals surface area contributed by atoms with Crippen LogP contribution in [0.15, 0.2) is 48.5 Å². The molecule has 0 aliphatic heterocycles. The first kappa shape index (κ1) is 35.3. The van der Waals surface area contributed by atoms with E-state index in [1.54, 1.807) is 13.8 Å². The molecule has 0 heterocycles. The van der Waals surface area contributed by atoms with Crippen molar-refractivity contribution in [2.75, 3.05) is 13.2 Å². The maximum atomic E-state index is 12.0. The summed E-state index contributed by atoms with van der Waals surface area (Å²) in [5.74, 6) is 0.248. The van der Waals surface area contributed by atoms with Crippen molar-refractivity contribution in [1.82, 2.24) is 0 Å². The maximum Gasteiger partial charge on any atom is 0.313 e. The minimum absolute atomic E-state index is 0.0345. The van der Waals surface area contributed by atoms with E-state index in [-0.39, 0.29) is 43.1 Å². The second kappa shape index (κ2) is 18.6. The number of rotatable bonds is 14. The lowest BCUT2D eigenvalue weighted by atomic mass is 9.97. The molecule has 0 bridgehead atoms. The highest BCUT2D eigenvalue weighted by molar-refractivity contribution is 5.78. The zero-order valence-corrected chi connectivity index (χ0v) is 25.9. The van der Waals surface area contributed by atoms with Gasteiger partial charge in [-0.2, -0.15) is 0 Å². The second-order valence-corrected chi connectivity index (χ2v) is 11.7. The summed E-state index contributed by atoms with van der Waals surface area (Å²) in [6.07, 6.45) is 2.38. The molecule has 0 aromatic heterocycles. The molecule has 0 saturated heterocycles. The van der Waals surface area contributed by atoms with Crippen LogP contribution < -0.4 is 0 Å². The number of benzene rings is 2. The molecule has 2 aromatic carbocycles. The zero-order valence-electron chi connectivity index (χ0n) is 25.9. The van der Waals surface area contributed by atoms with Gasteiger partial charge in [0.1, 0.15) is 6.10 Å².